The molecule has 108 valence electrons. The van der Waals surface area contributed by atoms with Crippen LogP contribution in [0.25, 0.3) is 10.9 Å². The van der Waals surface area contributed by atoms with Crippen LogP contribution in [-0.4, -0.2) is 11.1 Å². The van der Waals surface area contributed by atoms with E-state index in [-0.39, 0.29) is 11.9 Å². The van der Waals surface area contributed by atoms with Crippen LogP contribution < -0.4 is 11.5 Å². The predicted molar refractivity (Wildman–Crippen MR) is 83.4 cm³/mol. The Balaban J connectivity index is 2.09. The van der Waals surface area contributed by atoms with Gasteiger partial charge >= 0.3 is 0 Å². The highest BCUT2D eigenvalue weighted by atomic mass is 19.1. The molecule has 3 nitrogen and oxygen atoms in total. The van der Waals surface area contributed by atoms with E-state index in [1.165, 1.54) is 6.07 Å². The summed E-state index contributed by atoms with van der Waals surface area (Å²) in [6, 6.07) is 14.6. The fourth-order valence-electron chi connectivity index (χ4n) is 2.64. The smallest absolute Gasteiger partial charge is 0.128 e. The van der Waals surface area contributed by atoms with Crippen molar-refractivity contribution in [3.63, 3.8) is 0 Å². The summed E-state index contributed by atoms with van der Waals surface area (Å²) in [5.41, 5.74) is 14.5. The number of nitrogens with zero attached hydrogens (tertiary/aromatic N) is 1. The fourth-order valence-corrected chi connectivity index (χ4v) is 2.64. The number of fused-ring (bicyclic) bond motifs is 1. The van der Waals surface area contributed by atoms with Crippen molar-refractivity contribution in [2.45, 2.75) is 12.6 Å². The number of halogens is 1. The van der Waals surface area contributed by atoms with Gasteiger partial charge in [-0.05, 0) is 17.7 Å². The lowest BCUT2D eigenvalue weighted by Gasteiger charge is -2.07. The van der Waals surface area contributed by atoms with Crippen LogP contribution in [0.15, 0.2) is 54.7 Å². The average molecular weight is 283 g/mol. The SMILES string of the molecule is NCC(N)c1cn(Cc2ccccc2F)c2ccccc12. The molecule has 0 fully saturated rings. The predicted octanol–water partition coefficient (Wildman–Crippen LogP) is 2.79. The zero-order valence-electron chi connectivity index (χ0n) is 11.7. The van der Waals surface area contributed by atoms with Crippen molar-refractivity contribution in [2.75, 3.05) is 6.54 Å². The maximum absolute atomic E-state index is 13.8. The third-order valence-corrected chi connectivity index (χ3v) is 3.77. The first kappa shape index (κ1) is 13.8. The maximum atomic E-state index is 13.8. The van der Waals surface area contributed by atoms with Crippen LogP contribution in [-0.2, 0) is 6.54 Å². The zero-order chi connectivity index (χ0) is 14.8. The molecule has 0 bridgehead atoms. The minimum Gasteiger partial charge on any atom is -0.343 e. The van der Waals surface area contributed by atoms with E-state index in [0.717, 1.165) is 16.5 Å². The van der Waals surface area contributed by atoms with Crippen LogP contribution in [0.3, 0.4) is 0 Å². The van der Waals surface area contributed by atoms with Crippen molar-refractivity contribution in [2.24, 2.45) is 11.5 Å². The molecule has 21 heavy (non-hydrogen) atoms. The summed E-state index contributed by atoms with van der Waals surface area (Å²) < 4.78 is 15.9. The van der Waals surface area contributed by atoms with Crippen molar-refractivity contribution < 1.29 is 4.39 Å². The number of hydrogen-bond donors (Lipinski definition) is 2. The van der Waals surface area contributed by atoms with E-state index < -0.39 is 0 Å². The van der Waals surface area contributed by atoms with Crippen LogP contribution in [0, 0.1) is 5.82 Å². The van der Waals surface area contributed by atoms with Crippen LogP contribution in [0.2, 0.25) is 0 Å². The molecule has 0 radical (unpaired) electrons. The van der Waals surface area contributed by atoms with Crippen LogP contribution >= 0.6 is 0 Å². The molecule has 1 aromatic heterocycles. The van der Waals surface area contributed by atoms with Crippen LogP contribution in [0.4, 0.5) is 4.39 Å². The Bertz CT molecular complexity index is 764. The number of rotatable bonds is 4. The molecule has 4 N–H and O–H groups in total. The molecule has 4 heteroatoms. The van der Waals surface area contributed by atoms with E-state index in [1.807, 2.05) is 41.1 Å². The number of para-hydroxylation sites is 1. The molecule has 1 unspecified atom stereocenters. The molecule has 1 heterocycles. The minimum absolute atomic E-state index is 0.194. The normalized spacial score (nSPS) is 12.7. The first-order chi connectivity index (χ1) is 10.2. The highest BCUT2D eigenvalue weighted by Crippen LogP contribution is 2.26. The summed E-state index contributed by atoms with van der Waals surface area (Å²) in [4.78, 5) is 0. The number of nitrogens with two attached hydrogens (primary N) is 2. The van der Waals surface area contributed by atoms with Gasteiger partial charge in [-0.15, -0.1) is 0 Å². The van der Waals surface area contributed by atoms with Gasteiger partial charge in [-0.2, -0.15) is 0 Å². The highest BCUT2D eigenvalue weighted by molar-refractivity contribution is 5.84. The lowest BCUT2D eigenvalue weighted by molar-refractivity contribution is 0.601. The van der Waals surface area contributed by atoms with Gasteiger partial charge in [-0.3, -0.25) is 0 Å². The van der Waals surface area contributed by atoms with Gasteiger partial charge in [0.25, 0.3) is 0 Å². The van der Waals surface area contributed by atoms with Gasteiger partial charge < -0.3 is 16.0 Å². The molecular weight excluding hydrogens is 265 g/mol. The summed E-state index contributed by atoms with van der Waals surface area (Å²) in [7, 11) is 0. The lowest BCUT2D eigenvalue weighted by Crippen LogP contribution is -2.20. The average Bonchev–Trinajstić information content (AvgIpc) is 2.88. The van der Waals surface area contributed by atoms with E-state index in [4.69, 9.17) is 11.5 Å². The fraction of sp³-hybridized carbons (Fsp3) is 0.176. The Morgan fingerprint density at radius 3 is 2.52 bits per heavy atom. The molecule has 3 rings (SSSR count). The van der Waals surface area contributed by atoms with Crippen LogP contribution in [0.5, 0.6) is 0 Å². The summed E-state index contributed by atoms with van der Waals surface area (Å²) in [5, 5.41) is 1.08. The molecule has 0 saturated heterocycles. The van der Waals surface area contributed by atoms with Crippen molar-refractivity contribution in [3.8, 4) is 0 Å². The quantitative estimate of drug-likeness (QED) is 0.773. The monoisotopic (exact) mass is 283 g/mol. The van der Waals surface area contributed by atoms with Gasteiger partial charge in [-0.1, -0.05) is 36.4 Å². The molecular formula is C17H18FN3. The summed E-state index contributed by atoms with van der Waals surface area (Å²) in [6.07, 6.45) is 1.98. The van der Waals surface area contributed by atoms with Gasteiger partial charge in [0, 0.05) is 35.2 Å². The van der Waals surface area contributed by atoms with E-state index in [2.05, 4.69) is 0 Å². The third-order valence-electron chi connectivity index (χ3n) is 3.77. The Labute approximate surface area is 123 Å². The number of aromatic nitrogens is 1. The van der Waals surface area contributed by atoms with Gasteiger partial charge in [0.15, 0.2) is 0 Å². The first-order valence-electron chi connectivity index (χ1n) is 6.97. The molecule has 0 aliphatic heterocycles. The van der Waals surface area contributed by atoms with Crippen molar-refractivity contribution in [3.05, 3.63) is 71.7 Å². The molecule has 3 aromatic rings. The number of benzene rings is 2. The van der Waals surface area contributed by atoms with Crippen molar-refractivity contribution >= 4 is 10.9 Å². The molecule has 0 aliphatic rings. The lowest BCUT2D eigenvalue weighted by atomic mass is 10.1. The van der Waals surface area contributed by atoms with E-state index in [0.29, 0.717) is 18.7 Å². The Morgan fingerprint density at radius 1 is 1.05 bits per heavy atom. The molecule has 1 atom stereocenters. The maximum Gasteiger partial charge on any atom is 0.128 e. The standard InChI is InChI=1S/C17H18FN3/c18-15-7-3-1-5-12(15)10-21-11-14(16(20)9-19)13-6-2-4-8-17(13)21/h1-8,11,16H,9-10,19-20H2. The largest absolute Gasteiger partial charge is 0.343 e. The molecule has 0 amide bonds. The topological polar surface area (TPSA) is 57.0 Å². The van der Waals surface area contributed by atoms with E-state index >= 15 is 0 Å². The van der Waals surface area contributed by atoms with E-state index in [9.17, 15) is 4.39 Å². The summed E-state index contributed by atoms with van der Waals surface area (Å²) in [6.45, 7) is 0.859. The second-order valence-corrected chi connectivity index (χ2v) is 5.16. The van der Waals surface area contributed by atoms with E-state index in [1.54, 1.807) is 12.1 Å². The molecule has 0 saturated carbocycles. The molecule has 0 spiro atoms. The summed E-state index contributed by atoms with van der Waals surface area (Å²) >= 11 is 0. The number of hydrogen-bond acceptors (Lipinski definition) is 2. The highest BCUT2D eigenvalue weighted by Gasteiger charge is 2.14. The first-order valence-corrected chi connectivity index (χ1v) is 6.97. The zero-order valence-corrected chi connectivity index (χ0v) is 11.7. The summed E-state index contributed by atoms with van der Waals surface area (Å²) in [5.74, 6) is -0.194. The van der Waals surface area contributed by atoms with Crippen LogP contribution in [0.1, 0.15) is 17.2 Å². The van der Waals surface area contributed by atoms with Crippen molar-refractivity contribution in [1.29, 1.82) is 0 Å². The van der Waals surface area contributed by atoms with Crippen molar-refractivity contribution in [1.82, 2.24) is 4.57 Å². The molecule has 2 aromatic carbocycles. The second kappa shape index (κ2) is 5.68. The van der Waals surface area contributed by atoms with Gasteiger partial charge in [0.05, 0.1) is 6.54 Å². The van der Waals surface area contributed by atoms with Gasteiger partial charge in [0.1, 0.15) is 5.82 Å². The molecule has 0 aliphatic carbocycles. The van der Waals surface area contributed by atoms with Gasteiger partial charge in [0.2, 0.25) is 0 Å². The minimum atomic E-state index is -0.211. The third kappa shape index (κ3) is 2.55. The van der Waals surface area contributed by atoms with Gasteiger partial charge in [-0.25, -0.2) is 4.39 Å². The Morgan fingerprint density at radius 2 is 1.76 bits per heavy atom. The second-order valence-electron chi connectivity index (χ2n) is 5.16. The Kier molecular flexibility index (Phi) is 3.73. The Hall–Kier alpha value is -2.17.